The van der Waals surface area contributed by atoms with Crippen LogP contribution in [-0.4, -0.2) is 29.4 Å². The number of nitro groups is 1. The quantitative estimate of drug-likeness (QED) is 0.479. The van der Waals surface area contributed by atoms with Gasteiger partial charge >= 0.3 is 0 Å². The molecule has 2 aromatic carbocycles. The third-order valence-electron chi connectivity index (χ3n) is 3.95. The maximum absolute atomic E-state index is 12.0. The van der Waals surface area contributed by atoms with Crippen molar-refractivity contribution in [1.82, 2.24) is 10.3 Å². The van der Waals surface area contributed by atoms with Crippen LogP contribution in [0.15, 0.2) is 53.9 Å². The average Bonchev–Trinajstić information content (AvgIpc) is 3.17. The Balaban J connectivity index is 1.68. The van der Waals surface area contributed by atoms with E-state index in [1.807, 2.05) is 35.7 Å². The monoisotopic (exact) mass is 382 g/mol. The molecule has 1 amide bonds. The van der Waals surface area contributed by atoms with Crippen molar-refractivity contribution in [3.8, 4) is 10.6 Å². The lowest BCUT2D eigenvalue weighted by Crippen LogP contribution is -2.20. The van der Waals surface area contributed by atoms with Crippen molar-refractivity contribution >= 4 is 28.6 Å². The van der Waals surface area contributed by atoms with Crippen molar-refractivity contribution in [1.29, 1.82) is 0 Å². The van der Waals surface area contributed by atoms with Crippen molar-refractivity contribution in [2.24, 2.45) is 0 Å². The molecule has 0 spiro atoms. The first-order chi connectivity index (χ1) is 13.1. The molecule has 0 aliphatic carbocycles. The summed E-state index contributed by atoms with van der Waals surface area (Å²) in [5, 5.41) is 19.6. The number of thiazole rings is 1. The van der Waals surface area contributed by atoms with Gasteiger partial charge in [0.2, 0.25) is 0 Å². The van der Waals surface area contributed by atoms with Crippen LogP contribution in [-0.2, 0) is 6.42 Å². The number of amides is 1. The maximum Gasteiger partial charge on any atom is 0.270 e. The highest BCUT2D eigenvalue weighted by molar-refractivity contribution is 7.13. The lowest BCUT2D eigenvalue weighted by Gasteiger charge is -2.10. The summed E-state index contributed by atoms with van der Waals surface area (Å²) in [4.78, 5) is 27.1. The summed E-state index contributed by atoms with van der Waals surface area (Å²) in [6, 6.07) is 14.2. The Hall–Kier alpha value is -3.26. The van der Waals surface area contributed by atoms with E-state index >= 15 is 0 Å². The molecule has 0 saturated heterocycles. The van der Waals surface area contributed by atoms with E-state index in [1.54, 1.807) is 17.4 Å². The molecule has 3 aromatic rings. The van der Waals surface area contributed by atoms with Gasteiger partial charge in [0.15, 0.2) is 0 Å². The summed E-state index contributed by atoms with van der Waals surface area (Å²) in [6.07, 6.45) is 0.674. The topological polar surface area (TPSA) is 97.2 Å². The van der Waals surface area contributed by atoms with E-state index in [-0.39, 0.29) is 17.2 Å². The first-order valence-electron chi connectivity index (χ1n) is 8.32. The van der Waals surface area contributed by atoms with Crippen LogP contribution in [0, 0.1) is 10.1 Å². The lowest BCUT2D eigenvalue weighted by atomic mass is 10.1. The molecule has 138 valence electrons. The normalized spacial score (nSPS) is 10.4. The highest BCUT2D eigenvalue weighted by Crippen LogP contribution is 2.24. The van der Waals surface area contributed by atoms with Gasteiger partial charge in [-0.05, 0) is 6.07 Å². The number of anilines is 1. The number of hydrogen-bond donors (Lipinski definition) is 2. The SMILES string of the molecule is CNC(=O)c1cc([N+](=O)[O-])ccc1NCCc1csc(-c2ccccc2)n1. The van der Waals surface area contributed by atoms with Gasteiger partial charge in [0.1, 0.15) is 5.01 Å². The largest absolute Gasteiger partial charge is 0.384 e. The van der Waals surface area contributed by atoms with E-state index < -0.39 is 4.92 Å². The highest BCUT2D eigenvalue weighted by Gasteiger charge is 2.15. The average molecular weight is 382 g/mol. The van der Waals surface area contributed by atoms with E-state index in [2.05, 4.69) is 15.6 Å². The Morgan fingerprint density at radius 2 is 2.00 bits per heavy atom. The van der Waals surface area contributed by atoms with Gasteiger partial charge in [0.25, 0.3) is 11.6 Å². The molecule has 3 rings (SSSR count). The number of nitrogens with zero attached hydrogens (tertiary/aromatic N) is 2. The molecule has 1 aromatic heterocycles. The van der Waals surface area contributed by atoms with Crippen molar-refractivity contribution in [3.05, 3.63) is 75.3 Å². The van der Waals surface area contributed by atoms with Crippen molar-refractivity contribution < 1.29 is 9.72 Å². The minimum atomic E-state index is -0.517. The molecule has 2 N–H and O–H groups in total. The van der Waals surface area contributed by atoms with E-state index in [1.165, 1.54) is 19.2 Å². The first-order valence-corrected chi connectivity index (χ1v) is 9.20. The highest BCUT2D eigenvalue weighted by atomic mass is 32.1. The molecular formula is C19H18N4O3S. The van der Waals surface area contributed by atoms with Crippen molar-refractivity contribution in [2.45, 2.75) is 6.42 Å². The minimum Gasteiger partial charge on any atom is -0.384 e. The Morgan fingerprint density at radius 3 is 2.70 bits per heavy atom. The number of hydrogen-bond acceptors (Lipinski definition) is 6. The number of rotatable bonds is 7. The fraction of sp³-hybridized carbons (Fsp3) is 0.158. The lowest BCUT2D eigenvalue weighted by molar-refractivity contribution is -0.384. The summed E-state index contributed by atoms with van der Waals surface area (Å²) in [6.45, 7) is 0.555. The first kappa shape index (κ1) is 18.5. The fourth-order valence-corrected chi connectivity index (χ4v) is 3.44. The van der Waals surface area contributed by atoms with E-state index in [0.29, 0.717) is 18.7 Å². The molecule has 27 heavy (non-hydrogen) atoms. The fourth-order valence-electron chi connectivity index (χ4n) is 2.58. The molecule has 0 aliphatic rings. The smallest absolute Gasteiger partial charge is 0.270 e. The zero-order chi connectivity index (χ0) is 19.2. The number of aromatic nitrogens is 1. The van der Waals surface area contributed by atoms with Crippen LogP contribution in [0.3, 0.4) is 0 Å². The molecule has 0 unspecified atom stereocenters. The Labute approximate surface area is 160 Å². The number of nitro benzene ring substituents is 1. The van der Waals surface area contributed by atoms with Gasteiger partial charge in [-0.15, -0.1) is 11.3 Å². The molecule has 0 fully saturated rings. The van der Waals surface area contributed by atoms with Gasteiger partial charge in [-0.1, -0.05) is 30.3 Å². The summed E-state index contributed by atoms with van der Waals surface area (Å²) in [7, 11) is 1.49. The predicted octanol–water partition coefficient (Wildman–Crippen LogP) is 3.73. The molecular weight excluding hydrogens is 364 g/mol. The summed E-state index contributed by atoms with van der Waals surface area (Å²) in [5.74, 6) is -0.374. The Kier molecular flexibility index (Phi) is 5.77. The van der Waals surface area contributed by atoms with Gasteiger partial charge in [0, 0.05) is 48.8 Å². The number of carbonyl (C=O) groups is 1. The van der Waals surface area contributed by atoms with Crippen LogP contribution in [0.25, 0.3) is 10.6 Å². The summed E-state index contributed by atoms with van der Waals surface area (Å²) in [5.41, 5.74) is 2.72. The predicted molar refractivity (Wildman–Crippen MR) is 106 cm³/mol. The van der Waals surface area contributed by atoms with Crippen molar-refractivity contribution in [3.63, 3.8) is 0 Å². The maximum atomic E-state index is 12.0. The molecule has 0 aliphatic heterocycles. The number of nitrogens with one attached hydrogen (secondary N) is 2. The minimum absolute atomic E-state index is 0.119. The zero-order valence-corrected chi connectivity index (χ0v) is 15.5. The van der Waals surface area contributed by atoms with Gasteiger partial charge in [0.05, 0.1) is 16.2 Å². The molecule has 0 saturated carbocycles. The van der Waals surface area contributed by atoms with E-state index in [4.69, 9.17) is 0 Å². The standard InChI is InChI=1S/C19H18N4O3S/c1-20-18(24)16-11-15(23(25)26)7-8-17(16)21-10-9-14-12-27-19(22-14)13-5-3-2-4-6-13/h2-8,11-12,21H,9-10H2,1H3,(H,20,24). The van der Waals surface area contributed by atoms with E-state index in [0.717, 1.165) is 16.3 Å². The van der Waals surface area contributed by atoms with Crippen LogP contribution >= 0.6 is 11.3 Å². The van der Waals surface area contributed by atoms with Gasteiger partial charge < -0.3 is 10.6 Å². The van der Waals surface area contributed by atoms with E-state index in [9.17, 15) is 14.9 Å². The van der Waals surface area contributed by atoms with Gasteiger partial charge in [-0.25, -0.2) is 4.98 Å². The number of benzene rings is 2. The number of carbonyl (C=O) groups excluding carboxylic acids is 1. The molecule has 8 heteroatoms. The summed E-state index contributed by atoms with van der Waals surface area (Å²) < 4.78 is 0. The van der Waals surface area contributed by atoms with Crippen molar-refractivity contribution in [2.75, 3.05) is 18.9 Å². The third-order valence-corrected chi connectivity index (χ3v) is 4.89. The molecule has 1 heterocycles. The second kappa shape index (κ2) is 8.41. The summed E-state index contributed by atoms with van der Waals surface area (Å²) >= 11 is 1.59. The van der Waals surface area contributed by atoms with Crippen LogP contribution in [0.4, 0.5) is 11.4 Å². The van der Waals surface area contributed by atoms with Crippen LogP contribution in [0.2, 0.25) is 0 Å². The second-order valence-electron chi connectivity index (χ2n) is 5.75. The Bertz CT molecular complexity index is 957. The molecule has 7 nitrogen and oxygen atoms in total. The second-order valence-corrected chi connectivity index (χ2v) is 6.61. The van der Waals surface area contributed by atoms with Gasteiger partial charge in [-0.3, -0.25) is 14.9 Å². The zero-order valence-electron chi connectivity index (χ0n) is 14.6. The molecule has 0 bridgehead atoms. The van der Waals surface area contributed by atoms with Gasteiger partial charge in [-0.2, -0.15) is 0 Å². The Morgan fingerprint density at radius 1 is 1.22 bits per heavy atom. The van der Waals surface area contributed by atoms with Crippen LogP contribution in [0.1, 0.15) is 16.1 Å². The third kappa shape index (κ3) is 4.48. The van der Waals surface area contributed by atoms with Crippen LogP contribution in [0.5, 0.6) is 0 Å². The molecule has 0 radical (unpaired) electrons. The molecule has 0 atom stereocenters. The number of non-ortho nitro benzene ring substituents is 1. The van der Waals surface area contributed by atoms with Crippen LogP contribution < -0.4 is 10.6 Å².